The summed E-state index contributed by atoms with van der Waals surface area (Å²) >= 11 is 0. The van der Waals surface area contributed by atoms with Crippen molar-refractivity contribution >= 4 is 29.9 Å². The van der Waals surface area contributed by atoms with Crippen LogP contribution in [0.5, 0.6) is 0 Å². The first-order valence-electron chi connectivity index (χ1n) is 8.80. The average Bonchev–Trinajstić information content (AvgIpc) is 2.63. The molecule has 0 radical (unpaired) electrons. The van der Waals surface area contributed by atoms with Crippen LogP contribution in [0.15, 0.2) is 47.0 Å². The Kier molecular flexibility index (Phi) is 11.5. The van der Waals surface area contributed by atoms with Gasteiger partial charge < -0.3 is 20.5 Å². The van der Waals surface area contributed by atoms with Gasteiger partial charge in [-0.3, -0.25) is 4.99 Å². The van der Waals surface area contributed by atoms with Crippen LogP contribution in [0.4, 0.5) is 0 Å². The lowest BCUT2D eigenvalue weighted by molar-refractivity contribution is 0.153. The molecule has 0 spiro atoms. The van der Waals surface area contributed by atoms with Gasteiger partial charge in [-0.15, -0.1) is 24.0 Å². The van der Waals surface area contributed by atoms with Crippen LogP contribution in [0.3, 0.4) is 0 Å². The minimum absolute atomic E-state index is 0. The molecule has 3 N–H and O–H groups in total. The van der Waals surface area contributed by atoms with E-state index < -0.39 is 6.10 Å². The number of hydrogen-bond donors (Lipinski definition) is 3. The molecule has 1 unspecified atom stereocenters. The Labute approximate surface area is 168 Å². The highest BCUT2D eigenvalue weighted by Gasteiger charge is 2.07. The zero-order valence-electron chi connectivity index (χ0n) is 14.9. The fraction of sp³-hybridized carbons (Fsp3) is 0.526. The Morgan fingerprint density at radius 2 is 2.08 bits per heavy atom. The van der Waals surface area contributed by atoms with Crippen LogP contribution < -0.4 is 10.6 Å². The monoisotopic (exact) mass is 459 g/mol. The maximum absolute atomic E-state index is 10.2. The van der Waals surface area contributed by atoms with Gasteiger partial charge in [0.1, 0.15) is 0 Å². The number of rotatable bonds is 8. The molecule has 1 aliphatic heterocycles. The van der Waals surface area contributed by atoms with E-state index in [2.05, 4.69) is 28.6 Å². The lowest BCUT2D eigenvalue weighted by atomic mass is 10.1. The number of aliphatic hydroxyl groups excluding tert-OH is 1. The molecule has 25 heavy (non-hydrogen) atoms. The van der Waals surface area contributed by atoms with E-state index in [0.717, 1.165) is 50.7 Å². The van der Waals surface area contributed by atoms with Crippen molar-refractivity contribution in [2.75, 3.05) is 32.8 Å². The molecule has 0 saturated carbocycles. The molecule has 0 aliphatic carbocycles. The van der Waals surface area contributed by atoms with Crippen LogP contribution in [0, 0.1) is 0 Å². The second kappa shape index (κ2) is 13.1. The third-order valence-corrected chi connectivity index (χ3v) is 4.00. The van der Waals surface area contributed by atoms with E-state index >= 15 is 0 Å². The van der Waals surface area contributed by atoms with Crippen molar-refractivity contribution in [3.63, 3.8) is 0 Å². The topological polar surface area (TPSA) is 65.9 Å². The standard InChI is InChI=1S/C19H29N3O2.HI/c1-2-20-19(21-12-8-16-10-14-24-15-11-16)22-13-9-18(23)17-6-4-3-5-7-17;/h3-7,10,18,23H,2,8-9,11-15H2,1H3,(H2,20,21,22);1H. The molecule has 0 aromatic heterocycles. The smallest absolute Gasteiger partial charge is 0.191 e. The summed E-state index contributed by atoms with van der Waals surface area (Å²) in [4.78, 5) is 4.55. The Balaban J connectivity index is 0.00000312. The largest absolute Gasteiger partial charge is 0.388 e. The van der Waals surface area contributed by atoms with Gasteiger partial charge in [-0.2, -0.15) is 0 Å². The Morgan fingerprint density at radius 3 is 2.76 bits per heavy atom. The van der Waals surface area contributed by atoms with E-state index in [0.29, 0.717) is 13.0 Å². The number of halogens is 1. The van der Waals surface area contributed by atoms with E-state index in [-0.39, 0.29) is 24.0 Å². The highest BCUT2D eigenvalue weighted by Crippen LogP contribution is 2.15. The number of nitrogens with zero attached hydrogens (tertiary/aromatic N) is 1. The first-order chi connectivity index (χ1) is 11.8. The molecular weight excluding hydrogens is 429 g/mol. The molecule has 0 saturated heterocycles. The summed E-state index contributed by atoms with van der Waals surface area (Å²) in [6.45, 7) is 5.89. The van der Waals surface area contributed by atoms with Gasteiger partial charge in [0.25, 0.3) is 0 Å². The van der Waals surface area contributed by atoms with Crippen LogP contribution in [-0.4, -0.2) is 43.9 Å². The molecule has 0 fully saturated rings. The average molecular weight is 459 g/mol. The van der Waals surface area contributed by atoms with Crippen molar-refractivity contribution in [1.82, 2.24) is 10.6 Å². The molecule has 2 rings (SSSR count). The minimum Gasteiger partial charge on any atom is -0.388 e. The maximum Gasteiger partial charge on any atom is 0.191 e. The Morgan fingerprint density at radius 1 is 1.28 bits per heavy atom. The molecule has 5 nitrogen and oxygen atoms in total. The van der Waals surface area contributed by atoms with Gasteiger partial charge in [0.2, 0.25) is 0 Å². The second-order valence-corrected chi connectivity index (χ2v) is 5.84. The maximum atomic E-state index is 10.2. The van der Waals surface area contributed by atoms with Crippen LogP contribution in [-0.2, 0) is 4.74 Å². The highest BCUT2D eigenvalue weighted by atomic mass is 127. The van der Waals surface area contributed by atoms with Gasteiger partial charge in [0.15, 0.2) is 5.96 Å². The summed E-state index contributed by atoms with van der Waals surface area (Å²) in [5.41, 5.74) is 2.39. The van der Waals surface area contributed by atoms with Crippen LogP contribution in [0.1, 0.15) is 37.9 Å². The Hall–Kier alpha value is -1.12. The van der Waals surface area contributed by atoms with Gasteiger partial charge in [-0.1, -0.05) is 42.0 Å². The van der Waals surface area contributed by atoms with Gasteiger partial charge in [-0.25, -0.2) is 0 Å². The predicted molar refractivity (Wildman–Crippen MR) is 114 cm³/mol. The normalized spacial score (nSPS) is 15.8. The quantitative estimate of drug-likeness (QED) is 0.242. The first-order valence-corrected chi connectivity index (χ1v) is 8.80. The summed E-state index contributed by atoms with van der Waals surface area (Å²) in [5.74, 6) is 0.811. The zero-order valence-corrected chi connectivity index (χ0v) is 17.2. The second-order valence-electron chi connectivity index (χ2n) is 5.84. The lowest BCUT2D eigenvalue weighted by Gasteiger charge is -2.16. The summed E-state index contributed by atoms with van der Waals surface area (Å²) in [7, 11) is 0. The van der Waals surface area contributed by atoms with Crippen molar-refractivity contribution in [2.45, 2.75) is 32.3 Å². The Bertz CT molecular complexity index is 535. The van der Waals surface area contributed by atoms with Crippen molar-refractivity contribution in [1.29, 1.82) is 0 Å². The van der Waals surface area contributed by atoms with Crippen LogP contribution in [0.25, 0.3) is 0 Å². The van der Waals surface area contributed by atoms with E-state index in [1.165, 1.54) is 5.57 Å². The fourth-order valence-electron chi connectivity index (χ4n) is 2.62. The van der Waals surface area contributed by atoms with Gasteiger partial charge in [0, 0.05) is 19.6 Å². The number of guanidine groups is 1. The van der Waals surface area contributed by atoms with E-state index in [4.69, 9.17) is 4.74 Å². The minimum atomic E-state index is -0.467. The number of nitrogens with one attached hydrogen (secondary N) is 2. The molecule has 1 aromatic carbocycles. The number of ether oxygens (including phenoxy) is 1. The van der Waals surface area contributed by atoms with Crippen molar-refractivity contribution < 1.29 is 9.84 Å². The number of aliphatic hydroxyl groups is 1. The van der Waals surface area contributed by atoms with Crippen molar-refractivity contribution in [2.24, 2.45) is 4.99 Å². The number of aliphatic imine (C=N–C) groups is 1. The van der Waals surface area contributed by atoms with E-state index in [1.54, 1.807) is 0 Å². The molecule has 1 aliphatic rings. The molecule has 6 heteroatoms. The SMILES string of the molecule is CCNC(=NCCC(O)c1ccccc1)NCCC1=CCOCC1.I. The van der Waals surface area contributed by atoms with Gasteiger partial charge in [-0.05, 0) is 31.7 Å². The fourth-order valence-corrected chi connectivity index (χ4v) is 2.62. The molecule has 0 amide bonds. The summed E-state index contributed by atoms with van der Waals surface area (Å²) in [6.07, 6.45) is 4.36. The third kappa shape index (κ3) is 8.69. The highest BCUT2D eigenvalue weighted by molar-refractivity contribution is 14.0. The van der Waals surface area contributed by atoms with Crippen molar-refractivity contribution in [3.05, 3.63) is 47.5 Å². The van der Waals surface area contributed by atoms with Crippen LogP contribution >= 0.6 is 24.0 Å². The molecule has 1 aromatic rings. The summed E-state index contributed by atoms with van der Waals surface area (Å²) in [6, 6.07) is 9.73. The molecular formula is C19H30IN3O2. The van der Waals surface area contributed by atoms with E-state index in [9.17, 15) is 5.11 Å². The molecule has 0 bridgehead atoms. The van der Waals surface area contributed by atoms with Gasteiger partial charge in [0.05, 0.1) is 19.3 Å². The predicted octanol–water partition coefficient (Wildman–Crippen LogP) is 3.02. The van der Waals surface area contributed by atoms with Gasteiger partial charge >= 0.3 is 0 Å². The zero-order chi connectivity index (χ0) is 17.0. The van der Waals surface area contributed by atoms with Crippen molar-refractivity contribution in [3.8, 4) is 0 Å². The first kappa shape index (κ1) is 21.9. The summed E-state index contributed by atoms with van der Waals surface area (Å²) < 4.78 is 5.32. The van der Waals surface area contributed by atoms with Crippen LogP contribution in [0.2, 0.25) is 0 Å². The molecule has 1 heterocycles. The molecule has 1 atom stereocenters. The lowest BCUT2D eigenvalue weighted by Crippen LogP contribution is -2.38. The van der Waals surface area contributed by atoms with E-state index in [1.807, 2.05) is 30.3 Å². The number of hydrogen-bond acceptors (Lipinski definition) is 3. The number of benzene rings is 1. The summed E-state index contributed by atoms with van der Waals surface area (Å²) in [5, 5.41) is 16.8. The third-order valence-electron chi connectivity index (χ3n) is 4.00. The molecule has 140 valence electrons.